The lowest BCUT2D eigenvalue weighted by molar-refractivity contribution is 0.0620. The largest absolute Gasteiger partial charge is 0.308 e. The van der Waals surface area contributed by atoms with Crippen molar-refractivity contribution in [1.29, 1.82) is 0 Å². The van der Waals surface area contributed by atoms with Gasteiger partial charge in [0.1, 0.15) is 0 Å². The minimum atomic E-state index is 0.476. The van der Waals surface area contributed by atoms with Crippen molar-refractivity contribution in [3.05, 3.63) is 0 Å². The van der Waals surface area contributed by atoms with Gasteiger partial charge in [0.05, 0.1) is 0 Å². The highest BCUT2D eigenvalue weighted by atomic mass is 32.2. The second-order valence-electron chi connectivity index (χ2n) is 6.24. The number of rotatable bonds is 5. The average Bonchev–Trinajstić information content (AvgIpc) is 2.40. The Bertz CT molecular complexity index is 239. The van der Waals surface area contributed by atoms with Gasteiger partial charge in [0.25, 0.3) is 0 Å². The van der Waals surface area contributed by atoms with Crippen LogP contribution in [-0.2, 0) is 0 Å². The van der Waals surface area contributed by atoms with Gasteiger partial charge >= 0.3 is 0 Å². The minimum Gasteiger partial charge on any atom is -0.308 e. The summed E-state index contributed by atoms with van der Waals surface area (Å²) in [7, 11) is 0. The molecular formula is C15H30N2S. The van der Waals surface area contributed by atoms with E-state index >= 15 is 0 Å². The maximum absolute atomic E-state index is 3.87. The predicted octanol–water partition coefficient (Wildman–Crippen LogP) is 3.13. The smallest absolute Gasteiger partial charge is 0.0309 e. The highest BCUT2D eigenvalue weighted by Gasteiger charge is 2.38. The molecule has 2 nitrogen and oxygen atoms in total. The van der Waals surface area contributed by atoms with Crippen molar-refractivity contribution in [2.75, 3.05) is 31.6 Å². The van der Waals surface area contributed by atoms with Crippen LogP contribution < -0.4 is 5.32 Å². The van der Waals surface area contributed by atoms with Crippen LogP contribution in [0.15, 0.2) is 0 Å². The SMILES string of the molecule is CSCCCCN1CC2(CCCCC2)NCC1C. The van der Waals surface area contributed by atoms with E-state index < -0.39 is 0 Å². The van der Waals surface area contributed by atoms with Crippen LogP contribution in [-0.4, -0.2) is 48.1 Å². The molecule has 1 atom stereocenters. The van der Waals surface area contributed by atoms with E-state index in [0.29, 0.717) is 5.54 Å². The normalized spacial score (nSPS) is 28.7. The molecule has 1 N–H and O–H groups in total. The van der Waals surface area contributed by atoms with Crippen LogP contribution in [0, 0.1) is 0 Å². The molecule has 1 unspecified atom stereocenters. The van der Waals surface area contributed by atoms with Gasteiger partial charge < -0.3 is 5.32 Å². The zero-order chi connectivity index (χ0) is 12.8. The van der Waals surface area contributed by atoms with Crippen molar-refractivity contribution >= 4 is 11.8 Å². The molecule has 2 rings (SSSR count). The first kappa shape index (κ1) is 14.7. The summed E-state index contributed by atoms with van der Waals surface area (Å²) in [6.45, 7) is 6.19. The molecule has 0 aromatic rings. The van der Waals surface area contributed by atoms with Crippen molar-refractivity contribution in [3.8, 4) is 0 Å². The van der Waals surface area contributed by atoms with Crippen LogP contribution in [0.1, 0.15) is 51.9 Å². The van der Waals surface area contributed by atoms with Crippen LogP contribution in [0.5, 0.6) is 0 Å². The van der Waals surface area contributed by atoms with E-state index in [4.69, 9.17) is 0 Å². The summed E-state index contributed by atoms with van der Waals surface area (Å²) in [5.74, 6) is 1.33. The molecule has 1 heterocycles. The van der Waals surface area contributed by atoms with E-state index in [9.17, 15) is 0 Å². The van der Waals surface area contributed by atoms with Gasteiger partial charge in [-0.15, -0.1) is 0 Å². The second-order valence-corrected chi connectivity index (χ2v) is 7.23. The molecule has 0 radical (unpaired) electrons. The maximum Gasteiger partial charge on any atom is 0.0309 e. The Labute approximate surface area is 117 Å². The van der Waals surface area contributed by atoms with Crippen molar-refractivity contribution in [2.45, 2.75) is 63.5 Å². The van der Waals surface area contributed by atoms with E-state index in [1.807, 2.05) is 11.8 Å². The number of unbranched alkanes of at least 4 members (excludes halogenated alkanes) is 1. The molecule has 0 aromatic heterocycles. The minimum absolute atomic E-state index is 0.476. The summed E-state index contributed by atoms with van der Waals surface area (Å²) in [6.07, 6.45) is 12.1. The van der Waals surface area contributed by atoms with Gasteiger partial charge in [-0.2, -0.15) is 11.8 Å². The summed E-state index contributed by atoms with van der Waals surface area (Å²) >= 11 is 1.98. The monoisotopic (exact) mass is 270 g/mol. The quantitative estimate of drug-likeness (QED) is 0.773. The summed E-state index contributed by atoms with van der Waals surface area (Å²) in [4.78, 5) is 2.75. The second kappa shape index (κ2) is 7.16. The Balaban J connectivity index is 1.80. The van der Waals surface area contributed by atoms with Crippen LogP contribution >= 0.6 is 11.8 Å². The molecule has 1 aliphatic heterocycles. The van der Waals surface area contributed by atoms with Crippen molar-refractivity contribution in [1.82, 2.24) is 10.2 Å². The first-order chi connectivity index (χ1) is 8.76. The van der Waals surface area contributed by atoms with E-state index in [0.717, 1.165) is 6.04 Å². The van der Waals surface area contributed by atoms with E-state index in [1.54, 1.807) is 0 Å². The van der Waals surface area contributed by atoms with Gasteiger partial charge in [-0.25, -0.2) is 0 Å². The third-order valence-electron chi connectivity index (χ3n) is 4.76. The summed E-state index contributed by atoms with van der Waals surface area (Å²) in [5.41, 5.74) is 0.476. The zero-order valence-corrected chi connectivity index (χ0v) is 13.0. The Morgan fingerprint density at radius 1 is 1.22 bits per heavy atom. The van der Waals surface area contributed by atoms with Crippen LogP contribution in [0.3, 0.4) is 0 Å². The molecule has 18 heavy (non-hydrogen) atoms. The fraction of sp³-hybridized carbons (Fsp3) is 1.00. The first-order valence-electron chi connectivity index (χ1n) is 7.74. The third kappa shape index (κ3) is 3.88. The molecule has 3 heteroatoms. The lowest BCUT2D eigenvalue weighted by Crippen LogP contribution is -2.64. The van der Waals surface area contributed by atoms with Gasteiger partial charge in [0, 0.05) is 24.7 Å². The zero-order valence-electron chi connectivity index (χ0n) is 12.2. The highest BCUT2D eigenvalue weighted by Crippen LogP contribution is 2.31. The topological polar surface area (TPSA) is 15.3 Å². The van der Waals surface area contributed by atoms with Crippen molar-refractivity contribution < 1.29 is 0 Å². The number of hydrogen-bond donors (Lipinski definition) is 1. The Hall–Kier alpha value is 0.270. The molecule has 2 aliphatic rings. The number of thioether (sulfide) groups is 1. The fourth-order valence-corrected chi connectivity index (χ4v) is 4.01. The van der Waals surface area contributed by atoms with Gasteiger partial charge in [0.15, 0.2) is 0 Å². The molecule has 1 spiro atoms. The predicted molar refractivity (Wildman–Crippen MR) is 82.5 cm³/mol. The molecule has 106 valence electrons. The summed E-state index contributed by atoms with van der Waals surface area (Å²) in [5, 5.41) is 3.87. The van der Waals surface area contributed by atoms with E-state index in [1.165, 1.54) is 70.3 Å². The molecule has 1 aliphatic carbocycles. The average molecular weight is 270 g/mol. The summed E-state index contributed by atoms with van der Waals surface area (Å²) < 4.78 is 0. The first-order valence-corrected chi connectivity index (χ1v) is 9.13. The Kier molecular flexibility index (Phi) is 5.84. The molecule has 0 aromatic carbocycles. The van der Waals surface area contributed by atoms with Gasteiger partial charge in [-0.05, 0) is 51.2 Å². The highest BCUT2D eigenvalue weighted by molar-refractivity contribution is 7.98. The molecular weight excluding hydrogens is 240 g/mol. The molecule has 0 bridgehead atoms. The lowest BCUT2D eigenvalue weighted by Gasteiger charge is -2.49. The van der Waals surface area contributed by atoms with Crippen LogP contribution in [0.4, 0.5) is 0 Å². The van der Waals surface area contributed by atoms with Crippen molar-refractivity contribution in [3.63, 3.8) is 0 Å². The lowest BCUT2D eigenvalue weighted by atomic mass is 9.79. The molecule has 0 amide bonds. The van der Waals surface area contributed by atoms with Gasteiger partial charge in [0.2, 0.25) is 0 Å². The number of nitrogens with one attached hydrogen (secondary N) is 1. The Morgan fingerprint density at radius 2 is 2.00 bits per heavy atom. The van der Waals surface area contributed by atoms with Crippen LogP contribution in [0.25, 0.3) is 0 Å². The number of nitrogens with zero attached hydrogens (tertiary/aromatic N) is 1. The number of piperazine rings is 1. The number of hydrogen-bond acceptors (Lipinski definition) is 3. The van der Waals surface area contributed by atoms with Gasteiger partial charge in [-0.3, -0.25) is 4.90 Å². The standard InChI is InChI=1S/C15H30N2S/c1-14-12-16-15(8-4-3-5-9-15)13-17(14)10-6-7-11-18-2/h14,16H,3-13H2,1-2H3. The molecule has 1 saturated carbocycles. The van der Waals surface area contributed by atoms with Crippen molar-refractivity contribution in [2.24, 2.45) is 0 Å². The van der Waals surface area contributed by atoms with Gasteiger partial charge in [-0.1, -0.05) is 19.3 Å². The third-order valence-corrected chi connectivity index (χ3v) is 5.45. The maximum atomic E-state index is 3.87. The summed E-state index contributed by atoms with van der Waals surface area (Å²) in [6, 6.07) is 0.729. The van der Waals surface area contributed by atoms with Crippen LogP contribution in [0.2, 0.25) is 0 Å². The Morgan fingerprint density at radius 3 is 2.72 bits per heavy atom. The van der Waals surface area contributed by atoms with E-state index in [-0.39, 0.29) is 0 Å². The molecule has 1 saturated heterocycles. The fourth-order valence-electron chi connectivity index (χ4n) is 3.52. The molecule has 2 fully saturated rings. The van der Waals surface area contributed by atoms with E-state index in [2.05, 4.69) is 23.4 Å².